The molecule has 0 aliphatic carbocycles. The number of rotatable bonds is 7. The molecule has 0 aromatic rings. The molecule has 0 atom stereocenters. The van der Waals surface area contributed by atoms with Crippen LogP contribution in [0.2, 0.25) is 0 Å². The van der Waals surface area contributed by atoms with Crippen LogP contribution < -0.4 is 5.32 Å². The number of hydrogen-bond donors (Lipinski definition) is 1. The summed E-state index contributed by atoms with van der Waals surface area (Å²) >= 11 is 0. The summed E-state index contributed by atoms with van der Waals surface area (Å²) in [5.41, 5.74) is 0. The van der Waals surface area contributed by atoms with Crippen molar-refractivity contribution in [1.29, 1.82) is 0 Å². The van der Waals surface area contributed by atoms with Crippen LogP contribution in [-0.2, 0) is 4.79 Å². The van der Waals surface area contributed by atoms with Crippen molar-refractivity contribution in [3.63, 3.8) is 0 Å². The second-order valence-corrected chi connectivity index (χ2v) is 5.49. The van der Waals surface area contributed by atoms with Crippen LogP contribution in [0.1, 0.15) is 40.0 Å². The molecular weight excluding hydrogens is 226 g/mol. The zero-order chi connectivity index (χ0) is 13.4. The third-order valence-electron chi connectivity index (χ3n) is 3.45. The molecule has 0 radical (unpaired) electrons. The molecule has 0 aromatic carbocycles. The minimum absolute atomic E-state index is 0.144. The number of piperidine rings is 1. The van der Waals surface area contributed by atoms with Crippen LogP contribution >= 0.6 is 0 Å². The standard InChI is InChI=1S/C14H29N3O/c1-4-16(12-14(18)15-13(2)3)10-11-17-8-6-5-7-9-17/h13H,4-12H2,1-3H3,(H,15,18). The molecule has 1 rings (SSSR count). The van der Waals surface area contributed by atoms with Crippen LogP contribution in [-0.4, -0.2) is 61.0 Å². The molecule has 1 N–H and O–H groups in total. The van der Waals surface area contributed by atoms with Crippen molar-refractivity contribution < 1.29 is 4.79 Å². The first kappa shape index (κ1) is 15.4. The van der Waals surface area contributed by atoms with Gasteiger partial charge in [-0.1, -0.05) is 13.3 Å². The van der Waals surface area contributed by atoms with Gasteiger partial charge in [-0.05, 0) is 46.3 Å². The van der Waals surface area contributed by atoms with Gasteiger partial charge in [0.1, 0.15) is 0 Å². The van der Waals surface area contributed by atoms with E-state index in [1.165, 1.54) is 32.4 Å². The topological polar surface area (TPSA) is 35.6 Å². The van der Waals surface area contributed by atoms with Gasteiger partial charge in [-0.3, -0.25) is 9.69 Å². The molecule has 0 unspecified atom stereocenters. The van der Waals surface area contributed by atoms with Gasteiger partial charge >= 0.3 is 0 Å². The van der Waals surface area contributed by atoms with Crippen molar-refractivity contribution in [2.75, 3.05) is 39.3 Å². The molecule has 1 amide bonds. The number of carbonyl (C=O) groups is 1. The highest BCUT2D eigenvalue weighted by Crippen LogP contribution is 2.08. The third-order valence-corrected chi connectivity index (χ3v) is 3.45. The normalized spacial score (nSPS) is 17.4. The molecule has 106 valence electrons. The van der Waals surface area contributed by atoms with Crippen molar-refractivity contribution in [2.24, 2.45) is 0 Å². The lowest BCUT2D eigenvalue weighted by Crippen LogP contribution is -2.43. The Balaban J connectivity index is 2.21. The number of nitrogens with zero attached hydrogens (tertiary/aromatic N) is 2. The van der Waals surface area contributed by atoms with Gasteiger partial charge in [-0.15, -0.1) is 0 Å². The molecule has 4 heteroatoms. The van der Waals surface area contributed by atoms with Crippen LogP contribution in [0.5, 0.6) is 0 Å². The Morgan fingerprint density at radius 2 is 1.94 bits per heavy atom. The summed E-state index contributed by atoms with van der Waals surface area (Å²) in [5.74, 6) is 0.144. The van der Waals surface area contributed by atoms with Gasteiger partial charge in [0.25, 0.3) is 0 Å². The van der Waals surface area contributed by atoms with Gasteiger partial charge in [0, 0.05) is 19.1 Å². The predicted octanol–water partition coefficient (Wildman–Crippen LogP) is 1.32. The van der Waals surface area contributed by atoms with E-state index in [1.54, 1.807) is 0 Å². The number of nitrogens with one attached hydrogen (secondary N) is 1. The van der Waals surface area contributed by atoms with Crippen molar-refractivity contribution in [1.82, 2.24) is 15.1 Å². The Kier molecular flexibility index (Phi) is 7.28. The summed E-state index contributed by atoms with van der Waals surface area (Å²) in [5, 5.41) is 2.95. The SMILES string of the molecule is CCN(CCN1CCCCC1)CC(=O)NC(C)C. The Labute approximate surface area is 112 Å². The minimum atomic E-state index is 0.144. The summed E-state index contributed by atoms with van der Waals surface area (Å²) in [7, 11) is 0. The first-order valence-electron chi connectivity index (χ1n) is 7.36. The highest BCUT2D eigenvalue weighted by Gasteiger charge is 2.13. The average Bonchev–Trinajstić information content (AvgIpc) is 2.34. The van der Waals surface area contributed by atoms with Crippen molar-refractivity contribution in [3.05, 3.63) is 0 Å². The van der Waals surface area contributed by atoms with E-state index < -0.39 is 0 Å². The summed E-state index contributed by atoms with van der Waals surface area (Å²) in [6.45, 7) is 12.2. The Bertz CT molecular complexity index is 237. The van der Waals surface area contributed by atoms with Crippen molar-refractivity contribution >= 4 is 5.91 Å². The van der Waals surface area contributed by atoms with Gasteiger partial charge < -0.3 is 10.2 Å². The van der Waals surface area contributed by atoms with Gasteiger partial charge in [-0.25, -0.2) is 0 Å². The van der Waals surface area contributed by atoms with Crippen LogP contribution in [0.25, 0.3) is 0 Å². The number of amides is 1. The Morgan fingerprint density at radius 3 is 2.50 bits per heavy atom. The Morgan fingerprint density at radius 1 is 1.28 bits per heavy atom. The van der Waals surface area contributed by atoms with Crippen LogP contribution in [0.3, 0.4) is 0 Å². The van der Waals surface area contributed by atoms with E-state index in [2.05, 4.69) is 22.0 Å². The van der Waals surface area contributed by atoms with Crippen LogP contribution in [0.15, 0.2) is 0 Å². The maximum atomic E-state index is 11.7. The van der Waals surface area contributed by atoms with Crippen LogP contribution in [0, 0.1) is 0 Å². The molecule has 1 aliphatic heterocycles. The summed E-state index contributed by atoms with van der Waals surface area (Å²) in [4.78, 5) is 16.5. The van der Waals surface area contributed by atoms with E-state index in [9.17, 15) is 4.79 Å². The number of likely N-dealkylation sites (tertiary alicyclic amines) is 1. The third kappa shape index (κ3) is 6.36. The number of hydrogen-bond acceptors (Lipinski definition) is 3. The summed E-state index contributed by atoms with van der Waals surface area (Å²) in [6, 6.07) is 0.235. The second-order valence-electron chi connectivity index (χ2n) is 5.49. The molecule has 1 fully saturated rings. The quantitative estimate of drug-likeness (QED) is 0.745. The maximum absolute atomic E-state index is 11.7. The molecule has 1 aliphatic rings. The first-order chi connectivity index (χ1) is 8.61. The highest BCUT2D eigenvalue weighted by atomic mass is 16.2. The van der Waals surface area contributed by atoms with Crippen LogP contribution in [0.4, 0.5) is 0 Å². The largest absolute Gasteiger partial charge is 0.353 e. The highest BCUT2D eigenvalue weighted by molar-refractivity contribution is 5.78. The smallest absolute Gasteiger partial charge is 0.234 e. The summed E-state index contributed by atoms with van der Waals surface area (Å²) in [6.07, 6.45) is 4.05. The zero-order valence-corrected chi connectivity index (χ0v) is 12.2. The molecule has 0 aromatic heterocycles. The van der Waals surface area contributed by atoms with E-state index in [4.69, 9.17) is 0 Å². The molecular formula is C14H29N3O. The van der Waals surface area contributed by atoms with Gasteiger partial charge in [-0.2, -0.15) is 0 Å². The molecule has 0 spiro atoms. The van der Waals surface area contributed by atoms with Crippen molar-refractivity contribution in [3.8, 4) is 0 Å². The lowest BCUT2D eigenvalue weighted by molar-refractivity contribution is -0.122. The first-order valence-corrected chi connectivity index (χ1v) is 7.36. The molecule has 1 heterocycles. The Hall–Kier alpha value is -0.610. The molecule has 0 saturated carbocycles. The van der Waals surface area contributed by atoms with Gasteiger partial charge in [0.15, 0.2) is 0 Å². The molecule has 4 nitrogen and oxygen atoms in total. The minimum Gasteiger partial charge on any atom is -0.353 e. The van der Waals surface area contributed by atoms with Crippen molar-refractivity contribution in [2.45, 2.75) is 46.1 Å². The fraction of sp³-hybridized carbons (Fsp3) is 0.929. The molecule has 18 heavy (non-hydrogen) atoms. The lowest BCUT2D eigenvalue weighted by atomic mass is 10.1. The number of carbonyl (C=O) groups excluding carboxylic acids is 1. The second kappa shape index (κ2) is 8.48. The fourth-order valence-corrected chi connectivity index (χ4v) is 2.39. The predicted molar refractivity (Wildman–Crippen MR) is 75.7 cm³/mol. The van der Waals surface area contributed by atoms with E-state index >= 15 is 0 Å². The maximum Gasteiger partial charge on any atom is 0.234 e. The zero-order valence-electron chi connectivity index (χ0n) is 12.2. The van der Waals surface area contributed by atoms with E-state index in [0.29, 0.717) is 6.54 Å². The van der Waals surface area contributed by atoms with Gasteiger partial charge in [0.2, 0.25) is 5.91 Å². The van der Waals surface area contributed by atoms with E-state index in [-0.39, 0.29) is 11.9 Å². The fourth-order valence-electron chi connectivity index (χ4n) is 2.39. The van der Waals surface area contributed by atoms with E-state index in [1.807, 2.05) is 13.8 Å². The monoisotopic (exact) mass is 255 g/mol. The average molecular weight is 255 g/mol. The number of likely N-dealkylation sites (N-methyl/N-ethyl adjacent to an activating group) is 1. The lowest BCUT2D eigenvalue weighted by Gasteiger charge is -2.29. The summed E-state index contributed by atoms with van der Waals surface area (Å²) < 4.78 is 0. The van der Waals surface area contributed by atoms with Gasteiger partial charge in [0.05, 0.1) is 6.54 Å². The molecule has 0 bridgehead atoms. The molecule has 1 saturated heterocycles. The van der Waals surface area contributed by atoms with E-state index in [0.717, 1.165) is 19.6 Å².